The number of fused-ring (bicyclic) bond motifs is 2. The van der Waals surface area contributed by atoms with Crippen molar-refractivity contribution < 1.29 is 18.3 Å². The fourth-order valence-corrected chi connectivity index (χ4v) is 3.04. The molecule has 2 aliphatic carbocycles. The van der Waals surface area contributed by atoms with Gasteiger partial charge in [0, 0.05) is 0 Å². The molecule has 0 aromatic carbocycles. The minimum atomic E-state index is 0.700. The van der Waals surface area contributed by atoms with Crippen LogP contribution >= 0.6 is 0 Å². The normalized spacial score (nSPS) is 53.0. The summed E-state index contributed by atoms with van der Waals surface area (Å²) in [6.45, 7) is 0. The van der Waals surface area contributed by atoms with Crippen molar-refractivity contribution in [1.29, 1.82) is 0 Å². The van der Waals surface area contributed by atoms with E-state index < -0.39 is 0 Å². The fourth-order valence-electron chi connectivity index (χ4n) is 2.09. The molecular formula is C7H11Rh. The first-order chi connectivity index (χ1) is 3.79. The van der Waals surface area contributed by atoms with Crippen LogP contribution in [0.15, 0.2) is 0 Å². The van der Waals surface area contributed by atoms with Gasteiger partial charge in [0.05, 0.1) is 0 Å². The van der Waals surface area contributed by atoms with Crippen molar-refractivity contribution in [1.82, 2.24) is 0 Å². The van der Waals surface area contributed by atoms with E-state index in [9.17, 15) is 0 Å². The molecule has 2 aliphatic rings. The summed E-state index contributed by atoms with van der Waals surface area (Å²) in [6.07, 6.45) is 7.47. The van der Waals surface area contributed by atoms with Crippen LogP contribution in [-0.2, 0) is 18.3 Å². The standard InChI is InChI=1S/C7H11.Rh/c1-2-7-4-3-6(1)5-7;/h6H,1-5H2;. The molecule has 0 N–H and O–H groups in total. The quantitative estimate of drug-likeness (QED) is 0.524. The van der Waals surface area contributed by atoms with Gasteiger partial charge in [0.2, 0.25) is 0 Å². The van der Waals surface area contributed by atoms with E-state index in [0.717, 1.165) is 5.92 Å². The summed E-state index contributed by atoms with van der Waals surface area (Å²) in [4.78, 5) is 0. The second-order valence-corrected chi connectivity index (χ2v) is 4.99. The zero-order valence-electron chi connectivity index (χ0n) is 4.95. The fraction of sp³-hybridized carbons (Fsp3) is 1.00. The first kappa shape index (κ1) is 5.41. The summed E-state index contributed by atoms with van der Waals surface area (Å²) >= 11 is 3.24. The van der Waals surface area contributed by atoms with E-state index in [2.05, 4.69) is 18.3 Å². The van der Waals surface area contributed by atoms with Crippen LogP contribution in [0.2, 0.25) is 4.01 Å². The van der Waals surface area contributed by atoms with Gasteiger partial charge < -0.3 is 0 Å². The van der Waals surface area contributed by atoms with E-state index >= 15 is 0 Å². The van der Waals surface area contributed by atoms with E-state index in [1.807, 2.05) is 0 Å². The molecule has 0 aromatic rings. The molecule has 2 rings (SSSR count). The molecule has 8 heavy (non-hydrogen) atoms. The van der Waals surface area contributed by atoms with Crippen molar-refractivity contribution in [2.75, 3.05) is 0 Å². The Morgan fingerprint density at radius 2 is 1.88 bits per heavy atom. The van der Waals surface area contributed by atoms with Gasteiger partial charge in [-0.15, -0.1) is 0 Å². The third-order valence-electron chi connectivity index (χ3n) is 2.62. The van der Waals surface area contributed by atoms with E-state index in [1.165, 1.54) is 32.1 Å². The van der Waals surface area contributed by atoms with Crippen LogP contribution in [0.3, 0.4) is 0 Å². The molecule has 1 heteroatoms. The van der Waals surface area contributed by atoms with Crippen molar-refractivity contribution in [3.8, 4) is 0 Å². The molecule has 0 atom stereocenters. The molecule has 2 bridgehead atoms. The first-order valence-corrected chi connectivity index (χ1v) is 4.27. The van der Waals surface area contributed by atoms with Crippen molar-refractivity contribution in [2.45, 2.75) is 36.1 Å². The van der Waals surface area contributed by atoms with Crippen molar-refractivity contribution in [2.24, 2.45) is 5.92 Å². The van der Waals surface area contributed by atoms with E-state index in [4.69, 9.17) is 0 Å². The number of hydrogen-bond acceptors (Lipinski definition) is 0. The van der Waals surface area contributed by atoms with Gasteiger partial charge in [-0.3, -0.25) is 0 Å². The van der Waals surface area contributed by atoms with E-state index in [-0.39, 0.29) is 0 Å². The molecule has 2 saturated carbocycles. The average Bonchev–Trinajstić information content (AvgIpc) is 2.21. The SMILES string of the molecule is [Rh][C]12CCC(CC1)C2. The Morgan fingerprint density at radius 1 is 1.25 bits per heavy atom. The van der Waals surface area contributed by atoms with Crippen LogP contribution < -0.4 is 0 Å². The molecule has 0 heterocycles. The monoisotopic (exact) mass is 198 g/mol. The Labute approximate surface area is 60.7 Å². The van der Waals surface area contributed by atoms with Gasteiger partial charge in [0.15, 0.2) is 0 Å². The molecule has 0 radical (unpaired) electrons. The Morgan fingerprint density at radius 3 is 2.00 bits per heavy atom. The predicted octanol–water partition coefficient (Wildman–Crippen LogP) is 2.29. The summed E-state index contributed by atoms with van der Waals surface area (Å²) in [5, 5.41) is 0. The third-order valence-corrected chi connectivity index (χ3v) is 3.78. The van der Waals surface area contributed by atoms with Crippen molar-refractivity contribution in [3.63, 3.8) is 0 Å². The summed E-state index contributed by atoms with van der Waals surface area (Å²) in [6, 6.07) is 0. The molecule has 0 aliphatic heterocycles. The molecule has 0 saturated heterocycles. The van der Waals surface area contributed by atoms with E-state index in [1.54, 1.807) is 0 Å². The topological polar surface area (TPSA) is 0 Å². The molecular weight excluding hydrogens is 187 g/mol. The van der Waals surface area contributed by atoms with Crippen molar-refractivity contribution >= 4 is 0 Å². The first-order valence-electron chi connectivity index (χ1n) is 3.45. The minimum absolute atomic E-state index is 0.700. The Kier molecular flexibility index (Phi) is 1.06. The second kappa shape index (κ2) is 1.56. The van der Waals surface area contributed by atoms with Gasteiger partial charge >= 0.3 is 60.3 Å². The molecule has 48 valence electrons. The number of rotatable bonds is 0. The van der Waals surface area contributed by atoms with Crippen LogP contribution in [0.4, 0.5) is 0 Å². The van der Waals surface area contributed by atoms with E-state index in [0.29, 0.717) is 4.01 Å². The van der Waals surface area contributed by atoms with Crippen LogP contribution in [0, 0.1) is 5.92 Å². The maximum absolute atomic E-state index is 3.24. The summed E-state index contributed by atoms with van der Waals surface area (Å²) in [5.74, 6) is 1.11. The molecule has 2 fully saturated rings. The van der Waals surface area contributed by atoms with Gasteiger partial charge in [0.25, 0.3) is 0 Å². The summed E-state index contributed by atoms with van der Waals surface area (Å²) in [5.41, 5.74) is 0. The molecule has 0 unspecified atom stereocenters. The van der Waals surface area contributed by atoms with Crippen molar-refractivity contribution in [3.05, 3.63) is 0 Å². The number of hydrogen-bond donors (Lipinski definition) is 0. The molecule has 0 aromatic heterocycles. The molecule has 0 spiro atoms. The molecule has 0 amide bonds. The zero-order chi connectivity index (χ0) is 5.61. The summed E-state index contributed by atoms with van der Waals surface area (Å²) in [7, 11) is 0. The Bertz CT molecular complexity index is 101. The second-order valence-electron chi connectivity index (χ2n) is 3.25. The summed E-state index contributed by atoms with van der Waals surface area (Å²) < 4.78 is 0.700. The van der Waals surface area contributed by atoms with Crippen LogP contribution in [-0.4, -0.2) is 0 Å². The van der Waals surface area contributed by atoms with Crippen LogP contribution in [0.1, 0.15) is 32.1 Å². The Balaban J connectivity index is 2.19. The zero-order valence-corrected chi connectivity index (χ0v) is 6.58. The van der Waals surface area contributed by atoms with Gasteiger partial charge in [-0.2, -0.15) is 0 Å². The average molecular weight is 198 g/mol. The molecule has 0 nitrogen and oxygen atoms in total. The predicted molar refractivity (Wildman–Crippen MR) is 29.3 cm³/mol. The van der Waals surface area contributed by atoms with Gasteiger partial charge in [0.1, 0.15) is 0 Å². The third kappa shape index (κ3) is 0.674. The van der Waals surface area contributed by atoms with Crippen LogP contribution in [0.5, 0.6) is 0 Å². The van der Waals surface area contributed by atoms with Gasteiger partial charge in [-0.1, -0.05) is 0 Å². The maximum atomic E-state index is 3.24. The Hall–Kier alpha value is 0.623. The van der Waals surface area contributed by atoms with Crippen LogP contribution in [0.25, 0.3) is 0 Å². The van der Waals surface area contributed by atoms with Gasteiger partial charge in [-0.25, -0.2) is 0 Å². The van der Waals surface area contributed by atoms with Gasteiger partial charge in [-0.05, 0) is 0 Å².